The lowest BCUT2D eigenvalue weighted by molar-refractivity contribution is 0.627. The minimum absolute atomic E-state index is 0.275. The molecule has 2 N–H and O–H groups in total. The predicted molar refractivity (Wildman–Crippen MR) is 75.3 cm³/mol. The summed E-state index contributed by atoms with van der Waals surface area (Å²) in [6.07, 6.45) is 2.40. The summed E-state index contributed by atoms with van der Waals surface area (Å²) in [5.41, 5.74) is 0.860. The van der Waals surface area contributed by atoms with Gasteiger partial charge in [-0.2, -0.15) is 0 Å². The molecule has 106 valence electrons. The normalized spacial score (nSPS) is 10.5. The Morgan fingerprint density at radius 2 is 2.00 bits per heavy atom. The van der Waals surface area contributed by atoms with Crippen LogP contribution in [0.15, 0.2) is 29.1 Å². The molecule has 0 spiro atoms. The summed E-state index contributed by atoms with van der Waals surface area (Å²) >= 11 is 0. The van der Waals surface area contributed by atoms with Crippen molar-refractivity contribution in [1.29, 1.82) is 0 Å². The van der Waals surface area contributed by atoms with Gasteiger partial charge in [-0.25, -0.2) is 4.39 Å². The summed E-state index contributed by atoms with van der Waals surface area (Å²) in [4.78, 5) is 14.5. The van der Waals surface area contributed by atoms with E-state index in [-0.39, 0.29) is 11.4 Å². The monoisotopic (exact) mass is 276 g/mol. The summed E-state index contributed by atoms with van der Waals surface area (Å²) in [5, 5.41) is 10.9. The third kappa shape index (κ3) is 3.88. The minimum Gasteiger partial charge on any atom is -0.354 e. The number of rotatable bonds is 6. The first-order chi connectivity index (χ1) is 9.69. The first-order valence-corrected chi connectivity index (χ1v) is 6.63. The fourth-order valence-corrected chi connectivity index (χ4v) is 1.73. The SMILES string of the molecule is CCCCNc1nnc(Cc2ccc(F)cc2)c(=O)[nH]1. The molecule has 2 rings (SSSR count). The van der Waals surface area contributed by atoms with E-state index >= 15 is 0 Å². The average molecular weight is 276 g/mol. The van der Waals surface area contributed by atoms with Crippen molar-refractivity contribution in [2.24, 2.45) is 0 Å². The molecular weight excluding hydrogens is 259 g/mol. The van der Waals surface area contributed by atoms with E-state index in [2.05, 4.69) is 27.4 Å². The van der Waals surface area contributed by atoms with Gasteiger partial charge in [-0.1, -0.05) is 25.5 Å². The van der Waals surface area contributed by atoms with Gasteiger partial charge in [0.05, 0.1) is 0 Å². The van der Waals surface area contributed by atoms with Gasteiger partial charge in [0, 0.05) is 13.0 Å². The van der Waals surface area contributed by atoms with Crippen molar-refractivity contribution in [3.63, 3.8) is 0 Å². The molecule has 0 bridgehead atoms. The smallest absolute Gasteiger partial charge is 0.274 e. The van der Waals surface area contributed by atoms with Crippen LogP contribution in [-0.4, -0.2) is 21.7 Å². The highest BCUT2D eigenvalue weighted by atomic mass is 19.1. The first kappa shape index (κ1) is 14.2. The summed E-state index contributed by atoms with van der Waals surface area (Å²) < 4.78 is 12.8. The van der Waals surface area contributed by atoms with Gasteiger partial charge in [0.25, 0.3) is 5.56 Å². The second kappa shape index (κ2) is 6.79. The average Bonchev–Trinajstić information content (AvgIpc) is 2.44. The quantitative estimate of drug-likeness (QED) is 0.793. The molecular formula is C14H17FN4O. The lowest BCUT2D eigenvalue weighted by Gasteiger charge is -2.04. The maximum absolute atomic E-state index is 12.8. The summed E-state index contributed by atoms with van der Waals surface area (Å²) in [7, 11) is 0. The number of halogens is 1. The molecule has 0 radical (unpaired) electrons. The zero-order valence-electron chi connectivity index (χ0n) is 11.3. The molecule has 2 aromatic rings. The summed E-state index contributed by atoms with van der Waals surface area (Å²) in [6.45, 7) is 2.83. The Morgan fingerprint density at radius 3 is 2.65 bits per heavy atom. The Morgan fingerprint density at radius 1 is 1.25 bits per heavy atom. The third-order valence-electron chi connectivity index (χ3n) is 2.87. The number of H-pyrrole nitrogens is 1. The summed E-state index contributed by atoms with van der Waals surface area (Å²) in [6, 6.07) is 5.98. The number of aromatic amines is 1. The van der Waals surface area contributed by atoms with Crippen LogP contribution in [0, 0.1) is 5.82 Å². The Hall–Kier alpha value is -2.24. The van der Waals surface area contributed by atoms with E-state index in [9.17, 15) is 9.18 Å². The van der Waals surface area contributed by atoms with Crippen molar-refractivity contribution in [2.45, 2.75) is 26.2 Å². The van der Waals surface area contributed by atoms with Crippen LogP contribution >= 0.6 is 0 Å². The highest BCUT2D eigenvalue weighted by molar-refractivity contribution is 5.24. The van der Waals surface area contributed by atoms with E-state index < -0.39 is 0 Å². The topological polar surface area (TPSA) is 70.7 Å². The number of nitrogens with zero attached hydrogens (tertiary/aromatic N) is 2. The lowest BCUT2D eigenvalue weighted by Crippen LogP contribution is -2.20. The zero-order valence-corrected chi connectivity index (χ0v) is 11.3. The standard InChI is InChI=1S/C14H17FN4O/c1-2-3-8-16-14-17-13(20)12(18-19-14)9-10-4-6-11(15)7-5-10/h4-7H,2-3,8-9H2,1H3,(H2,16,17,19,20). The molecule has 6 heteroatoms. The number of aromatic nitrogens is 3. The van der Waals surface area contributed by atoms with Crippen LogP contribution in [0.5, 0.6) is 0 Å². The second-order valence-electron chi connectivity index (χ2n) is 4.53. The van der Waals surface area contributed by atoms with Gasteiger partial charge in [-0.3, -0.25) is 9.78 Å². The second-order valence-corrected chi connectivity index (χ2v) is 4.53. The van der Waals surface area contributed by atoms with Crippen LogP contribution in [-0.2, 0) is 6.42 Å². The molecule has 0 aliphatic rings. The molecule has 1 heterocycles. The van der Waals surface area contributed by atoms with E-state index in [1.54, 1.807) is 12.1 Å². The van der Waals surface area contributed by atoms with Crippen molar-refractivity contribution >= 4 is 5.95 Å². The number of hydrogen-bond donors (Lipinski definition) is 2. The number of anilines is 1. The molecule has 1 aromatic heterocycles. The Bertz CT molecular complexity index is 609. The zero-order chi connectivity index (χ0) is 14.4. The fourth-order valence-electron chi connectivity index (χ4n) is 1.73. The maximum Gasteiger partial charge on any atom is 0.274 e. The molecule has 0 fully saturated rings. The van der Waals surface area contributed by atoms with Crippen molar-refractivity contribution in [3.8, 4) is 0 Å². The molecule has 0 aliphatic heterocycles. The molecule has 0 aliphatic carbocycles. The van der Waals surface area contributed by atoms with Crippen LogP contribution in [0.4, 0.5) is 10.3 Å². The van der Waals surface area contributed by atoms with Gasteiger partial charge < -0.3 is 5.32 Å². The Balaban J connectivity index is 2.06. The van der Waals surface area contributed by atoms with E-state index in [0.717, 1.165) is 24.9 Å². The van der Waals surface area contributed by atoms with Crippen LogP contribution in [0.1, 0.15) is 31.0 Å². The van der Waals surface area contributed by atoms with Gasteiger partial charge >= 0.3 is 0 Å². The molecule has 1 aromatic carbocycles. The largest absolute Gasteiger partial charge is 0.354 e. The van der Waals surface area contributed by atoms with Gasteiger partial charge in [-0.15, -0.1) is 10.2 Å². The van der Waals surface area contributed by atoms with E-state index in [1.807, 2.05) is 0 Å². The van der Waals surface area contributed by atoms with Gasteiger partial charge in [0.1, 0.15) is 11.5 Å². The Kier molecular flexibility index (Phi) is 4.81. The van der Waals surface area contributed by atoms with Crippen LogP contribution in [0.2, 0.25) is 0 Å². The maximum atomic E-state index is 12.8. The molecule has 0 amide bonds. The van der Waals surface area contributed by atoms with E-state index in [1.165, 1.54) is 12.1 Å². The Labute approximate surface area is 116 Å². The molecule has 5 nitrogen and oxygen atoms in total. The van der Waals surface area contributed by atoms with E-state index in [0.29, 0.717) is 18.1 Å². The molecule has 20 heavy (non-hydrogen) atoms. The number of unbranched alkanes of at least 4 members (excludes halogenated alkanes) is 1. The molecule has 0 saturated heterocycles. The van der Waals surface area contributed by atoms with Crippen molar-refractivity contribution < 1.29 is 4.39 Å². The molecule has 0 saturated carbocycles. The van der Waals surface area contributed by atoms with Gasteiger partial charge in [-0.05, 0) is 24.1 Å². The van der Waals surface area contributed by atoms with Crippen molar-refractivity contribution in [1.82, 2.24) is 15.2 Å². The molecule has 0 unspecified atom stereocenters. The van der Waals surface area contributed by atoms with Gasteiger partial charge in [0.2, 0.25) is 5.95 Å². The predicted octanol–water partition coefficient (Wildman–Crippen LogP) is 2.11. The minimum atomic E-state index is -0.302. The van der Waals surface area contributed by atoms with Crippen LogP contribution in [0.25, 0.3) is 0 Å². The summed E-state index contributed by atoms with van der Waals surface area (Å²) in [5.74, 6) is 0.0792. The first-order valence-electron chi connectivity index (χ1n) is 6.63. The highest BCUT2D eigenvalue weighted by Crippen LogP contribution is 2.06. The fraction of sp³-hybridized carbons (Fsp3) is 0.357. The van der Waals surface area contributed by atoms with Crippen LogP contribution in [0.3, 0.4) is 0 Å². The third-order valence-corrected chi connectivity index (χ3v) is 2.87. The van der Waals surface area contributed by atoms with Crippen molar-refractivity contribution in [3.05, 3.63) is 51.7 Å². The highest BCUT2D eigenvalue weighted by Gasteiger charge is 2.06. The van der Waals surface area contributed by atoms with Gasteiger partial charge in [0.15, 0.2) is 0 Å². The van der Waals surface area contributed by atoms with E-state index in [4.69, 9.17) is 0 Å². The molecule has 0 atom stereocenters. The lowest BCUT2D eigenvalue weighted by atomic mass is 10.1. The number of benzene rings is 1. The van der Waals surface area contributed by atoms with Crippen molar-refractivity contribution in [2.75, 3.05) is 11.9 Å². The van der Waals surface area contributed by atoms with Crippen LogP contribution < -0.4 is 10.9 Å². The number of nitrogens with one attached hydrogen (secondary N) is 2. The number of hydrogen-bond acceptors (Lipinski definition) is 4.